The van der Waals surface area contributed by atoms with E-state index in [4.69, 9.17) is 22.1 Å². The minimum Gasteiger partial charge on any atom is -0.492 e. The Bertz CT molecular complexity index is 541. The van der Waals surface area contributed by atoms with Crippen LogP contribution < -0.4 is 10.5 Å². The van der Waals surface area contributed by atoms with Gasteiger partial charge in [0.1, 0.15) is 12.4 Å². The Morgan fingerprint density at radius 2 is 2.26 bits per heavy atom. The summed E-state index contributed by atoms with van der Waals surface area (Å²) in [6.07, 6.45) is 1.88. The predicted molar refractivity (Wildman–Crippen MR) is 75.4 cm³/mol. The number of nitrogen functional groups attached to an aromatic ring is 1. The minimum atomic E-state index is 0.500. The van der Waals surface area contributed by atoms with Crippen LogP contribution in [0.2, 0.25) is 5.02 Å². The fraction of sp³-hybridized carbons (Fsp3) is 0.385. The van der Waals surface area contributed by atoms with Crippen molar-refractivity contribution in [2.75, 3.05) is 12.3 Å². The van der Waals surface area contributed by atoms with Gasteiger partial charge in [-0.15, -0.1) is 5.10 Å². The summed E-state index contributed by atoms with van der Waals surface area (Å²) in [6, 6.07) is 7.32. The number of benzene rings is 1. The summed E-state index contributed by atoms with van der Waals surface area (Å²) in [5.41, 5.74) is 6.75. The van der Waals surface area contributed by atoms with Crippen molar-refractivity contribution in [1.82, 2.24) is 15.0 Å². The number of nitrogens with zero attached hydrogens (tertiary/aromatic N) is 3. The predicted octanol–water partition coefficient (Wildman–Crippen LogP) is 2.55. The van der Waals surface area contributed by atoms with Crippen molar-refractivity contribution < 1.29 is 4.74 Å². The van der Waals surface area contributed by atoms with E-state index in [1.165, 1.54) is 0 Å². The second kappa shape index (κ2) is 6.43. The van der Waals surface area contributed by atoms with Crippen molar-refractivity contribution in [3.63, 3.8) is 0 Å². The Morgan fingerprint density at radius 3 is 3.00 bits per heavy atom. The molecule has 0 radical (unpaired) electrons. The molecule has 19 heavy (non-hydrogen) atoms. The van der Waals surface area contributed by atoms with Crippen molar-refractivity contribution in [2.45, 2.75) is 26.3 Å². The molecule has 0 aliphatic heterocycles. The maximum absolute atomic E-state index is 5.89. The Hall–Kier alpha value is -1.75. The van der Waals surface area contributed by atoms with Gasteiger partial charge in [-0.25, -0.2) is 4.68 Å². The normalized spacial score (nSPS) is 10.6. The third-order valence-electron chi connectivity index (χ3n) is 2.72. The molecule has 1 aromatic heterocycles. The smallest absolute Gasteiger partial charge is 0.169 e. The molecule has 5 nitrogen and oxygen atoms in total. The van der Waals surface area contributed by atoms with Crippen LogP contribution >= 0.6 is 11.6 Å². The lowest BCUT2D eigenvalue weighted by molar-refractivity contribution is 0.287. The number of aromatic nitrogens is 3. The van der Waals surface area contributed by atoms with E-state index in [1.54, 1.807) is 10.7 Å². The van der Waals surface area contributed by atoms with Gasteiger partial charge in [-0.2, -0.15) is 0 Å². The van der Waals surface area contributed by atoms with Crippen molar-refractivity contribution >= 4 is 17.4 Å². The SMILES string of the molecule is CCCc1c(N)nnn1CCOc1cccc(Cl)c1. The molecule has 0 atom stereocenters. The van der Waals surface area contributed by atoms with Crippen molar-refractivity contribution in [1.29, 1.82) is 0 Å². The Morgan fingerprint density at radius 1 is 1.42 bits per heavy atom. The van der Waals surface area contributed by atoms with Gasteiger partial charge in [0, 0.05) is 5.02 Å². The molecule has 0 saturated carbocycles. The second-order valence-corrected chi connectivity index (χ2v) is 4.64. The van der Waals surface area contributed by atoms with E-state index >= 15 is 0 Å². The average molecular weight is 281 g/mol. The van der Waals surface area contributed by atoms with Crippen LogP contribution in [0.15, 0.2) is 24.3 Å². The molecule has 2 N–H and O–H groups in total. The molecule has 1 heterocycles. The molecule has 0 fully saturated rings. The Labute approximate surface area is 117 Å². The summed E-state index contributed by atoms with van der Waals surface area (Å²) < 4.78 is 7.41. The number of hydrogen-bond acceptors (Lipinski definition) is 4. The lowest BCUT2D eigenvalue weighted by Crippen LogP contribution is -2.12. The summed E-state index contributed by atoms with van der Waals surface area (Å²) >= 11 is 5.89. The van der Waals surface area contributed by atoms with Gasteiger partial charge >= 0.3 is 0 Å². The summed E-state index contributed by atoms with van der Waals surface area (Å²) in [5.74, 6) is 1.25. The van der Waals surface area contributed by atoms with Crippen molar-refractivity contribution in [3.05, 3.63) is 35.0 Å². The maximum atomic E-state index is 5.89. The Balaban J connectivity index is 1.92. The molecule has 6 heteroatoms. The molecule has 0 saturated heterocycles. The first-order valence-electron chi connectivity index (χ1n) is 6.27. The molecule has 102 valence electrons. The van der Waals surface area contributed by atoms with Gasteiger partial charge in [0.2, 0.25) is 0 Å². The summed E-state index contributed by atoms with van der Waals surface area (Å²) in [5, 5.41) is 8.57. The fourth-order valence-electron chi connectivity index (χ4n) is 1.83. The second-order valence-electron chi connectivity index (χ2n) is 4.20. The lowest BCUT2D eigenvalue weighted by Gasteiger charge is -2.08. The van der Waals surface area contributed by atoms with E-state index in [0.717, 1.165) is 24.3 Å². The first-order chi connectivity index (χ1) is 9.20. The number of nitrogens with two attached hydrogens (primary N) is 1. The van der Waals surface area contributed by atoms with Gasteiger partial charge in [0.05, 0.1) is 12.2 Å². The van der Waals surface area contributed by atoms with Gasteiger partial charge < -0.3 is 10.5 Å². The standard InChI is InChI=1S/C13H17ClN4O/c1-2-4-12-13(15)16-17-18(12)7-8-19-11-6-3-5-10(14)9-11/h3,5-6,9H,2,4,7-8,15H2,1H3. The number of halogens is 1. The number of anilines is 1. The van der Waals surface area contributed by atoms with Gasteiger partial charge in [-0.3, -0.25) is 0 Å². The molecule has 0 spiro atoms. The first-order valence-corrected chi connectivity index (χ1v) is 6.64. The van der Waals surface area contributed by atoms with E-state index in [1.807, 2.05) is 18.2 Å². The third-order valence-corrected chi connectivity index (χ3v) is 2.96. The zero-order chi connectivity index (χ0) is 13.7. The monoisotopic (exact) mass is 280 g/mol. The highest BCUT2D eigenvalue weighted by molar-refractivity contribution is 6.30. The van der Waals surface area contributed by atoms with Crippen LogP contribution in [0.3, 0.4) is 0 Å². The molecule has 0 unspecified atom stereocenters. The average Bonchev–Trinajstić information content (AvgIpc) is 2.72. The van der Waals surface area contributed by atoms with Crippen LogP contribution in [0.5, 0.6) is 5.75 Å². The molecule has 0 bridgehead atoms. The molecule has 1 aromatic carbocycles. The van der Waals surface area contributed by atoms with Gasteiger partial charge in [0.25, 0.3) is 0 Å². The number of ether oxygens (including phenoxy) is 1. The molecular formula is C13H17ClN4O. The van der Waals surface area contributed by atoms with Gasteiger partial charge in [0.15, 0.2) is 5.82 Å². The molecule has 0 amide bonds. The summed E-state index contributed by atoms with van der Waals surface area (Å²) in [4.78, 5) is 0. The zero-order valence-electron chi connectivity index (χ0n) is 10.8. The number of hydrogen-bond donors (Lipinski definition) is 1. The molecule has 2 aromatic rings. The zero-order valence-corrected chi connectivity index (χ0v) is 11.6. The van der Waals surface area contributed by atoms with Crippen LogP contribution in [-0.2, 0) is 13.0 Å². The molecule has 0 aliphatic rings. The molecular weight excluding hydrogens is 264 g/mol. The molecule has 0 aliphatic carbocycles. The van der Waals surface area contributed by atoms with E-state index in [2.05, 4.69) is 17.2 Å². The maximum Gasteiger partial charge on any atom is 0.169 e. The van der Waals surface area contributed by atoms with Crippen LogP contribution in [0.25, 0.3) is 0 Å². The highest BCUT2D eigenvalue weighted by Crippen LogP contribution is 2.17. The topological polar surface area (TPSA) is 66.0 Å². The highest BCUT2D eigenvalue weighted by Gasteiger charge is 2.08. The summed E-state index contributed by atoms with van der Waals surface area (Å²) in [7, 11) is 0. The van der Waals surface area contributed by atoms with Crippen molar-refractivity contribution in [3.8, 4) is 5.75 Å². The Kier molecular flexibility index (Phi) is 4.63. The van der Waals surface area contributed by atoms with Crippen LogP contribution in [0.1, 0.15) is 19.0 Å². The van der Waals surface area contributed by atoms with Crippen LogP contribution in [0.4, 0.5) is 5.82 Å². The first kappa shape index (κ1) is 13.7. The minimum absolute atomic E-state index is 0.500. The largest absolute Gasteiger partial charge is 0.492 e. The molecule has 2 rings (SSSR count). The van der Waals surface area contributed by atoms with Gasteiger partial charge in [-0.05, 0) is 24.6 Å². The van der Waals surface area contributed by atoms with Crippen molar-refractivity contribution in [2.24, 2.45) is 0 Å². The van der Waals surface area contributed by atoms with E-state index in [-0.39, 0.29) is 0 Å². The summed E-state index contributed by atoms with van der Waals surface area (Å²) in [6.45, 7) is 3.21. The van der Waals surface area contributed by atoms with E-state index in [9.17, 15) is 0 Å². The number of rotatable bonds is 6. The highest BCUT2D eigenvalue weighted by atomic mass is 35.5. The quantitative estimate of drug-likeness (QED) is 0.883. The van der Waals surface area contributed by atoms with E-state index < -0.39 is 0 Å². The lowest BCUT2D eigenvalue weighted by atomic mass is 10.2. The van der Waals surface area contributed by atoms with Crippen LogP contribution in [0, 0.1) is 0 Å². The van der Waals surface area contributed by atoms with Crippen LogP contribution in [-0.4, -0.2) is 21.6 Å². The fourth-order valence-corrected chi connectivity index (χ4v) is 2.01. The van der Waals surface area contributed by atoms with E-state index in [0.29, 0.717) is 24.0 Å². The third kappa shape index (κ3) is 3.61. The van der Waals surface area contributed by atoms with Gasteiger partial charge in [-0.1, -0.05) is 36.2 Å².